The van der Waals surface area contributed by atoms with Gasteiger partial charge in [0.15, 0.2) is 5.17 Å². The summed E-state index contributed by atoms with van der Waals surface area (Å²) < 4.78 is 0. The molecular formula is C15H20N2S3. The van der Waals surface area contributed by atoms with Crippen molar-refractivity contribution in [3.8, 4) is 0 Å². The number of hydrogen-bond donors (Lipinski definition) is 0. The van der Waals surface area contributed by atoms with Crippen molar-refractivity contribution in [3.63, 3.8) is 0 Å². The molecule has 0 radical (unpaired) electrons. The van der Waals surface area contributed by atoms with Crippen LogP contribution in [0.1, 0.15) is 19.4 Å². The van der Waals surface area contributed by atoms with Crippen LogP contribution in [0, 0.1) is 6.92 Å². The second-order valence-corrected chi connectivity index (χ2v) is 7.14. The topological polar surface area (TPSA) is 24.7 Å². The molecule has 0 aliphatic carbocycles. The summed E-state index contributed by atoms with van der Waals surface area (Å²) in [6.45, 7) is 9.96. The molecule has 1 rings (SSSR count). The summed E-state index contributed by atoms with van der Waals surface area (Å²) in [4.78, 5) is 11.4. The highest BCUT2D eigenvalue weighted by Gasteiger charge is 2.05. The van der Waals surface area contributed by atoms with E-state index in [0.717, 1.165) is 20.8 Å². The van der Waals surface area contributed by atoms with E-state index in [4.69, 9.17) is 0 Å². The molecule has 0 aliphatic heterocycles. The van der Waals surface area contributed by atoms with Gasteiger partial charge in [-0.15, -0.1) is 23.5 Å². The van der Waals surface area contributed by atoms with Crippen LogP contribution in [0.4, 0.5) is 0 Å². The van der Waals surface area contributed by atoms with Crippen LogP contribution >= 0.6 is 35.3 Å². The van der Waals surface area contributed by atoms with E-state index in [-0.39, 0.29) is 0 Å². The Morgan fingerprint density at radius 2 is 1.70 bits per heavy atom. The quantitative estimate of drug-likeness (QED) is 0.416. The Hall–Kier alpha value is -0.650. The Balaban J connectivity index is 3.07. The van der Waals surface area contributed by atoms with E-state index in [2.05, 4.69) is 47.9 Å². The molecule has 2 nitrogen and oxygen atoms in total. The van der Waals surface area contributed by atoms with Crippen molar-refractivity contribution in [3.05, 3.63) is 35.4 Å². The Labute approximate surface area is 134 Å². The van der Waals surface area contributed by atoms with E-state index in [9.17, 15) is 0 Å². The minimum Gasteiger partial charge on any atom is -0.232 e. The van der Waals surface area contributed by atoms with Crippen molar-refractivity contribution in [2.45, 2.75) is 30.6 Å². The molecule has 5 heteroatoms. The molecule has 0 amide bonds. The van der Waals surface area contributed by atoms with E-state index < -0.39 is 0 Å². The fraction of sp³-hybridized carbons (Fsp3) is 0.333. The van der Waals surface area contributed by atoms with Crippen molar-refractivity contribution in [2.75, 3.05) is 12.5 Å². The van der Waals surface area contributed by atoms with Gasteiger partial charge in [-0.05, 0) is 68.8 Å². The summed E-state index contributed by atoms with van der Waals surface area (Å²) in [6.07, 6.45) is 4.05. The molecule has 0 unspecified atom stereocenters. The summed E-state index contributed by atoms with van der Waals surface area (Å²) in [6, 6.07) is 6.50. The zero-order valence-electron chi connectivity index (χ0n) is 12.6. The molecule has 0 spiro atoms. The first-order chi connectivity index (χ1) is 9.44. The minimum atomic E-state index is 0.738. The van der Waals surface area contributed by atoms with Crippen molar-refractivity contribution in [1.82, 2.24) is 0 Å². The summed E-state index contributed by atoms with van der Waals surface area (Å²) in [5.41, 5.74) is 2.24. The molecule has 0 atom stereocenters. The van der Waals surface area contributed by atoms with Crippen molar-refractivity contribution >= 4 is 46.2 Å². The van der Waals surface area contributed by atoms with Gasteiger partial charge in [-0.3, -0.25) is 0 Å². The van der Waals surface area contributed by atoms with Crippen LogP contribution in [-0.2, 0) is 0 Å². The highest BCUT2D eigenvalue weighted by atomic mass is 32.2. The maximum absolute atomic E-state index is 4.49. The zero-order chi connectivity index (χ0) is 15.1. The number of rotatable bonds is 4. The van der Waals surface area contributed by atoms with Gasteiger partial charge in [0.05, 0.1) is 5.03 Å². The minimum absolute atomic E-state index is 0.738. The monoisotopic (exact) mass is 324 g/mol. The Kier molecular flexibility index (Phi) is 7.48. The van der Waals surface area contributed by atoms with E-state index in [1.807, 2.05) is 20.1 Å². The molecule has 0 saturated carbocycles. The molecule has 0 saturated heterocycles. The smallest absolute Gasteiger partial charge is 0.193 e. The van der Waals surface area contributed by atoms with E-state index in [1.165, 1.54) is 22.2 Å². The molecule has 0 aliphatic rings. The largest absolute Gasteiger partial charge is 0.232 e. The Morgan fingerprint density at radius 1 is 1.05 bits per heavy atom. The van der Waals surface area contributed by atoms with Gasteiger partial charge in [-0.2, -0.15) is 0 Å². The summed E-state index contributed by atoms with van der Waals surface area (Å²) in [5, 5.41) is 1.51. The molecule has 0 bridgehead atoms. The van der Waals surface area contributed by atoms with Crippen molar-refractivity contribution in [1.29, 1.82) is 0 Å². The van der Waals surface area contributed by atoms with Gasteiger partial charge in [0.25, 0.3) is 0 Å². The van der Waals surface area contributed by atoms with Crippen LogP contribution in [0.2, 0.25) is 0 Å². The van der Waals surface area contributed by atoms with Crippen LogP contribution in [-0.4, -0.2) is 23.4 Å². The molecular weight excluding hydrogens is 304 g/mol. The second kappa shape index (κ2) is 8.60. The number of aryl methyl sites for hydroxylation is 1. The van der Waals surface area contributed by atoms with E-state index >= 15 is 0 Å². The first kappa shape index (κ1) is 17.4. The summed E-state index contributed by atoms with van der Waals surface area (Å²) >= 11 is 4.86. The molecule has 1 aromatic rings. The summed E-state index contributed by atoms with van der Waals surface area (Å²) in [7, 11) is 0. The number of nitrogens with zero attached hydrogens (tertiary/aromatic N) is 2. The van der Waals surface area contributed by atoms with Crippen LogP contribution in [0.3, 0.4) is 0 Å². The van der Waals surface area contributed by atoms with E-state index in [0.29, 0.717) is 0 Å². The molecule has 0 fully saturated rings. The highest BCUT2D eigenvalue weighted by Crippen LogP contribution is 2.28. The van der Waals surface area contributed by atoms with Gasteiger partial charge in [0.2, 0.25) is 0 Å². The maximum atomic E-state index is 4.49. The lowest BCUT2D eigenvalue weighted by Crippen LogP contribution is -1.93. The van der Waals surface area contributed by atoms with Crippen LogP contribution in [0.25, 0.3) is 0 Å². The standard InChI is InChI=1S/C15H20N2S3/c1-10(2)16-15(17-12(4)18-5)20-14-8-11(3)7-13(9-14)19-6/h7-9H,4H2,1-3,5-6H3. The third kappa shape index (κ3) is 6.20. The normalized spacial score (nSPS) is 11.3. The fourth-order valence-electron chi connectivity index (χ4n) is 1.41. The second-order valence-electron chi connectivity index (χ2n) is 4.34. The molecule has 0 aromatic heterocycles. The van der Waals surface area contributed by atoms with Gasteiger partial charge < -0.3 is 0 Å². The number of aliphatic imine (C=N–C) groups is 2. The van der Waals surface area contributed by atoms with Crippen LogP contribution in [0.15, 0.2) is 49.6 Å². The Bertz CT molecular complexity index is 544. The highest BCUT2D eigenvalue weighted by molar-refractivity contribution is 8.14. The molecule has 0 N–H and O–H groups in total. The van der Waals surface area contributed by atoms with Gasteiger partial charge in [-0.1, -0.05) is 6.58 Å². The molecule has 20 heavy (non-hydrogen) atoms. The predicted molar refractivity (Wildman–Crippen MR) is 97.7 cm³/mol. The molecule has 0 heterocycles. The third-order valence-electron chi connectivity index (χ3n) is 2.24. The van der Waals surface area contributed by atoms with E-state index in [1.54, 1.807) is 23.5 Å². The first-order valence-corrected chi connectivity index (χ1v) is 9.38. The van der Waals surface area contributed by atoms with Gasteiger partial charge >= 0.3 is 0 Å². The Morgan fingerprint density at radius 3 is 2.25 bits per heavy atom. The summed E-state index contributed by atoms with van der Waals surface area (Å²) in [5.74, 6) is 0. The predicted octanol–water partition coefficient (Wildman–Crippen LogP) is 5.48. The molecule has 1 aromatic carbocycles. The number of benzene rings is 1. The zero-order valence-corrected chi connectivity index (χ0v) is 15.0. The van der Waals surface area contributed by atoms with Crippen molar-refractivity contribution in [2.24, 2.45) is 9.98 Å². The van der Waals surface area contributed by atoms with Crippen molar-refractivity contribution < 1.29 is 0 Å². The lowest BCUT2D eigenvalue weighted by molar-refractivity contribution is 1.27. The van der Waals surface area contributed by atoms with Gasteiger partial charge in [-0.25, -0.2) is 9.98 Å². The fourth-order valence-corrected chi connectivity index (χ4v) is 3.29. The maximum Gasteiger partial charge on any atom is 0.193 e. The number of hydrogen-bond acceptors (Lipinski definition) is 4. The number of thioether (sulfide) groups is 3. The average molecular weight is 325 g/mol. The SMILES string of the molecule is C=C(N=C(N=C(C)C)Sc1cc(C)cc(SC)c1)SC. The lowest BCUT2D eigenvalue weighted by Gasteiger charge is -2.06. The van der Waals surface area contributed by atoms with Crippen LogP contribution in [0.5, 0.6) is 0 Å². The lowest BCUT2D eigenvalue weighted by atomic mass is 10.2. The average Bonchev–Trinajstić information content (AvgIpc) is 2.36. The van der Waals surface area contributed by atoms with Gasteiger partial charge in [0.1, 0.15) is 0 Å². The van der Waals surface area contributed by atoms with Gasteiger partial charge in [0, 0.05) is 15.5 Å². The third-order valence-corrected chi connectivity index (χ3v) is 4.35. The van der Waals surface area contributed by atoms with Crippen LogP contribution < -0.4 is 0 Å². The number of amidine groups is 1. The first-order valence-electron chi connectivity index (χ1n) is 6.11. The molecule has 108 valence electrons.